The quantitative estimate of drug-likeness (QED) is 0.651. The van der Waals surface area contributed by atoms with Gasteiger partial charge in [-0.25, -0.2) is 0 Å². The van der Waals surface area contributed by atoms with Crippen LogP contribution in [0, 0.1) is 0 Å². The Kier molecular flexibility index (Phi) is 8.80. The van der Waals surface area contributed by atoms with Gasteiger partial charge in [0, 0.05) is 12.1 Å². The van der Waals surface area contributed by atoms with Gasteiger partial charge in [0.25, 0.3) is 5.91 Å². The number of hydrogen-bond acceptors (Lipinski definition) is 3. The van der Waals surface area contributed by atoms with Crippen LogP contribution in [0.4, 0.5) is 0 Å². The van der Waals surface area contributed by atoms with Gasteiger partial charge in [0.15, 0.2) is 0 Å². The van der Waals surface area contributed by atoms with Gasteiger partial charge in [-0.2, -0.15) is 0 Å². The monoisotopic (exact) mass is 320 g/mol. The zero-order chi connectivity index (χ0) is 17.1. The molecule has 5 nitrogen and oxygen atoms in total. The predicted molar refractivity (Wildman–Crippen MR) is 91.7 cm³/mol. The Morgan fingerprint density at radius 1 is 1.09 bits per heavy atom. The van der Waals surface area contributed by atoms with E-state index in [1.165, 1.54) is 19.3 Å². The Hall–Kier alpha value is -2.04. The number of rotatable bonds is 10. The Morgan fingerprint density at radius 3 is 2.39 bits per heavy atom. The molecular formula is C18H28N2O3. The number of amides is 2. The van der Waals surface area contributed by atoms with Crippen LogP contribution in [-0.4, -0.2) is 31.0 Å². The average Bonchev–Trinajstić information content (AvgIpc) is 2.55. The van der Waals surface area contributed by atoms with Gasteiger partial charge in [0.1, 0.15) is 11.8 Å². The van der Waals surface area contributed by atoms with E-state index in [1.807, 2.05) is 6.92 Å². The molecule has 0 aliphatic rings. The highest BCUT2D eigenvalue weighted by Gasteiger charge is 2.15. The minimum absolute atomic E-state index is 0.187. The van der Waals surface area contributed by atoms with Crippen molar-refractivity contribution in [1.29, 1.82) is 0 Å². The van der Waals surface area contributed by atoms with Crippen molar-refractivity contribution in [2.24, 2.45) is 0 Å². The molecule has 0 saturated carbocycles. The number of benzene rings is 1. The topological polar surface area (TPSA) is 67.4 Å². The van der Waals surface area contributed by atoms with Gasteiger partial charge in [-0.15, -0.1) is 0 Å². The van der Waals surface area contributed by atoms with Crippen molar-refractivity contribution in [1.82, 2.24) is 10.6 Å². The Bertz CT molecular complexity index is 486. The second kappa shape index (κ2) is 10.6. The van der Waals surface area contributed by atoms with Crippen molar-refractivity contribution < 1.29 is 14.3 Å². The van der Waals surface area contributed by atoms with Gasteiger partial charge in [0.2, 0.25) is 5.91 Å². The number of hydrogen-bond donors (Lipinski definition) is 2. The van der Waals surface area contributed by atoms with Crippen LogP contribution in [-0.2, 0) is 4.79 Å². The molecule has 0 radical (unpaired) electrons. The van der Waals surface area contributed by atoms with E-state index in [-0.39, 0.29) is 11.8 Å². The van der Waals surface area contributed by atoms with E-state index in [2.05, 4.69) is 17.6 Å². The normalized spacial score (nSPS) is 11.6. The third-order valence-corrected chi connectivity index (χ3v) is 3.48. The summed E-state index contributed by atoms with van der Waals surface area (Å²) >= 11 is 0. The maximum Gasteiger partial charge on any atom is 0.251 e. The van der Waals surface area contributed by atoms with E-state index in [0.717, 1.165) is 12.2 Å². The molecule has 0 bridgehead atoms. The Morgan fingerprint density at radius 2 is 1.78 bits per heavy atom. The summed E-state index contributed by atoms with van der Waals surface area (Å²) in [6.07, 6.45) is 4.65. The van der Waals surface area contributed by atoms with Crippen molar-refractivity contribution in [3.8, 4) is 5.75 Å². The Balaban J connectivity index is 2.43. The second-order valence-corrected chi connectivity index (χ2v) is 5.52. The summed E-state index contributed by atoms with van der Waals surface area (Å²) in [5.41, 5.74) is 0.513. The van der Waals surface area contributed by atoms with Crippen LogP contribution in [0.3, 0.4) is 0 Å². The summed E-state index contributed by atoms with van der Waals surface area (Å²) in [5, 5.41) is 5.35. The van der Waals surface area contributed by atoms with Gasteiger partial charge >= 0.3 is 0 Å². The number of unbranched alkanes of at least 4 members (excludes halogenated alkanes) is 3. The molecule has 0 heterocycles. The number of likely N-dealkylation sites (N-methyl/N-ethyl adjacent to an activating group) is 1. The summed E-state index contributed by atoms with van der Waals surface area (Å²) in [6, 6.07) is 6.43. The first-order chi connectivity index (χ1) is 11.1. The van der Waals surface area contributed by atoms with Crippen LogP contribution in [0.25, 0.3) is 0 Å². The molecule has 1 aromatic rings. The van der Waals surface area contributed by atoms with Crippen LogP contribution < -0.4 is 15.4 Å². The fourth-order valence-electron chi connectivity index (χ4n) is 2.09. The van der Waals surface area contributed by atoms with Crippen LogP contribution in [0.15, 0.2) is 24.3 Å². The molecular weight excluding hydrogens is 292 g/mol. The number of carbonyl (C=O) groups is 2. The third kappa shape index (κ3) is 7.17. The van der Waals surface area contributed by atoms with Crippen molar-refractivity contribution in [2.75, 3.05) is 13.2 Å². The first-order valence-electron chi connectivity index (χ1n) is 8.39. The molecule has 23 heavy (non-hydrogen) atoms. The van der Waals surface area contributed by atoms with Gasteiger partial charge in [-0.1, -0.05) is 26.2 Å². The van der Waals surface area contributed by atoms with Gasteiger partial charge in [0.05, 0.1) is 6.61 Å². The van der Waals surface area contributed by atoms with Crippen molar-refractivity contribution in [3.05, 3.63) is 29.8 Å². The lowest BCUT2D eigenvalue weighted by molar-refractivity contribution is -0.122. The van der Waals surface area contributed by atoms with E-state index < -0.39 is 6.04 Å². The maximum absolute atomic E-state index is 12.1. The minimum atomic E-state index is -0.558. The summed E-state index contributed by atoms with van der Waals surface area (Å²) in [7, 11) is 0. The number of ether oxygens (including phenoxy) is 1. The molecule has 5 heteroatoms. The highest BCUT2D eigenvalue weighted by atomic mass is 16.5. The third-order valence-electron chi connectivity index (χ3n) is 3.48. The lowest BCUT2D eigenvalue weighted by Crippen LogP contribution is -2.44. The SMILES string of the molecule is CCCCCCOc1ccc(C(=O)N[C@@H](C)C(=O)NCC)cc1. The fraction of sp³-hybridized carbons (Fsp3) is 0.556. The minimum Gasteiger partial charge on any atom is -0.494 e. The first-order valence-corrected chi connectivity index (χ1v) is 8.39. The highest BCUT2D eigenvalue weighted by molar-refractivity contribution is 5.97. The largest absolute Gasteiger partial charge is 0.494 e. The molecule has 1 aromatic carbocycles. The predicted octanol–water partition coefficient (Wildman–Crippen LogP) is 2.90. The average molecular weight is 320 g/mol. The van der Waals surface area contributed by atoms with E-state index in [1.54, 1.807) is 31.2 Å². The van der Waals surface area contributed by atoms with Crippen molar-refractivity contribution in [3.63, 3.8) is 0 Å². The summed E-state index contributed by atoms with van der Waals surface area (Å²) in [6.45, 7) is 6.92. The second-order valence-electron chi connectivity index (χ2n) is 5.52. The van der Waals surface area contributed by atoms with Crippen LogP contribution in [0.1, 0.15) is 56.8 Å². The van der Waals surface area contributed by atoms with Crippen molar-refractivity contribution >= 4 is 11.8 Å². The lowest BCUT2D eigenvalue weighted by Gasteiger charge is -2.13. The van der Waals surface area contributed by atoms with Crippen molar-refractivity contribution in [2.45, 2.75) is 52.5 Å². The van der Waals surface area contributed by atoms with Crippen LogP contribution in [0.2, 0.25) is 0 Å². The summed E-state index contributed by atoms with van der Waals surface area (Å²) < 4.78 is 5.64. The first kappa shape index (κ1) is 19.0. The molecule has 0 fully saturated rings. The number of nitrogens with one attached hydrogen (secondary N) is 2. The van der Waals surface area contributed by atoms with Gasteiger partial charge in [-0.05, 0) is 44.5 Å². The Labute approximate surface area is 138 Å². The molecule has 0 saturated heterocycles. The zero-order valence-electron chi connectivity index (χ0n) is 14.4. The molecule has 0 unspecified atom stereocenters. The van der Waals surface area contributed by atoms with Gasteiger partial charge in [-0.3, -0.25) is 9.59 Å². The maximum atomic E-state index is 12.1. The molecule has 128 valence electrons. The van der Waals surface area contributed by atoms with Crippen LogP contribution in [0.5, 0.6) is 5.75 Å². The lowest BCUT2D eigenvalue weighted by atomic mass is 10.2. The molecule has 2 N–H and O–H groups in total. The van der Waals surface area contributed by atoms with E-state index in [9.17, 15) is 9.59 Å². The summed E-state index contributed by atoms with van der Waals surface area (Å²) in [4.78, 5) is 23.7. The zero-order valence-corrected chi connectivity index (χ0v) is 14.4. The number of carbonyl (C=O) groups excluding carboxylic acids is 2. The molecule has 0 aliphatic heterocycles. The van der Waals surface area contributed by atoms with E-state index in [4.69, 9.17) is 4.74 Å². The molecule has 1 atom stereocenters. The summed E-state index contributed by atoms with van der Waals surface area (Å²) in [5.74, 6) is 0.306. The highest BCUT2D eigenvalue weighted by Crippen LogP contribution is 2.13. The standard InChI is InChI=1S/C18H28N2O3/c1-4-6-7-8-13-23-16-11-9-15(10-12-16)18(22)20-14(3)17(21)19-5-2/h9-12,14H,4-8,13H2,1-3H3,(H,19,21)(H,20,22)/t14-/m0/s1. The molecule has 2 amide bonds. The fourth-order valence-corrected chi connectivity index (χ4v) is 2.09. The van der Waals surface area contributed by atoms with E-state index in [0.29, 0.717) is 18.7 Å². The molecule has 1 rings (SSSR count). The van der Waals surface area contributed by atoms with Gasteiger partial charge < -0.3 is 15.4 Å². The smallest absolute Gasteiger partial charge is 0.251 e. The van der Waals surface area contributed by atoms with E-state index >= 15 is 0 Å². The van der Waals surface area contributed by atoms with Crippen LogP contribution >= 0.6 is 0 Å². The molecule has 0 spiro atoms. The molecule has 0 aliphatic carbocycles. The molecule has 0 aromatic heterocycles.